The third-order valence-corrected chi connectivity index (χ3v) is 5.42. The first-order valence-electron chi connectivity index (χ1n) is 10.2. The molecule has 0 aliphatic carbocycles. The fraction of sp³-hybridized carbons (Fsp3) is 0.476. The van der Waals surface area contributed by atoms with Crippen molar-refractivity contribution in [2.75, 3.05) is 39.8 Å². The van der Waals surface area contributed by atoms with Crippen molar-refractivity contribution in [2.24, 2.45) is 4.99 Å². The van der Waals surface area contributed by atoms with Crippen LogP contribution in [0.2, 0.25) is 0 Å². The molecule has 1 atom stereocenters. The summed E-state index contributed by atoms with van der Waals surface area (Å²) in [4.78, 5) is 21.0. The summed E-state index contributed by atoms with van der Waals surface area (Å²) in [6.45, 7) is 4.28. The van der Waals surface area contributed by atoms with Crippen molar-refractivity contribution in [3.63, 3.8) is 0 Å². The topological polar surface area (TPSA) is 75.0 Å². The molecule has 2 aliphatic heterocycles. The molecule has 2 saturated heterocycles. The van der Waals surface area contributed by atoms with E-state index in [1.54, 1.807) is 7.05 Å². The molecule has 154 valence electrons. The Bertz CT molecular complexity index is 836. The monoisotopic (exact) mass is 396 g/mol. The molecule has 1 unspecified atom stereocenters. The number of piperazine rings is 1. The fourth-order valence-electron chi connectivity index (χ4n) is 3.80. The number of rotatable bonds is 4. The van der Waals surface area contributed by atoms with Gasteiger partial charge in [0, 0.05) is 58.1 Å². The van der Waals surface area contributed by atoms with E-state index in [-0.39, 0.29) is 12.0 Å². The lowest BCUT2D eigenvalue weighted by atomic mass is 10.2. The second kappa shape index (κ2) is 9.09. The van der Waals surface area contributed by atoms with Gasteiger partial charge in [-0.25, -0.2) is 4.68 Å². The summed E-state index contributed by atoms with van der Waals surface area (Å²) in [6, 6.07) is 10.1. The number of carbonyl (C=O) groups is 1. The number of amides is 1. The van der Waals surface area contributed by atoms with Gasteiger partial charge in [-0.1, -0.05) is 18.2 Å². The smallest absolute Gasteiger partial charge is 0.251 e. The van der Waals surface area contributed by atoms with Crippen LogP contribution in [0.3, 0.4) is 0 Å². The zero-order chi connectivity index (χ0) is 20.1. The van der Waals surface area contributed by atoms with Crippen LogP contribution in [-0.4, -0.2) is 77.4 Å². The van der Waals surface area contributed by atoms with Gasteiger partial charge in [0.25, 0.3) is 5.91 Å². The third-order valence-electron chi connectivity index (χ3n) is 5.42. The molecule has 2 aromatic rings. The molecular formula is C21H28N6O2. The number of hydrogen-bond donors (Lipinski definition) is 1. The Morgan fingerprint density at radius 1 is 1.21 bits per heavy atom. The highest BCUT2D eigenvalue weighted by Crippen LogP contribution is 2.16. The van der Waals surface area contributed by atoms with Crippen molar-refractivity contribution in [1.29, 1.82) is 0 Å². The van der Waals surface area contributed by atoms with E-state index in [1.165, 1.54) is 0 Å². The molecule has 0 saturated carbocycles. The number of guanidine groups is 1. The number of aromatic nitrogens is 2. The molecule has 1 N–H and O–H groups in total. The van der Waals surface area contributed by atoms with Gasteiger partial charge in [-0.3, -0.25) is 9.79 Å². The fourth-order valence-corrected chi connectivity index (χ4v) is 3.80. The molecule has 1 amide bonds. The number of benzene rings is 1. The maximum Gasteiger partial charge on any atom is 0.251 e. The lowest BCUT2D eigenvalue weighted by Gasteiger charge is -2.37. The Labute approximate surface area is 171 Å². The Balaban J connectivity index is 1.28. The number of nitrogens with zero attached hydrogens (tertiary/aromatic N) is 5. The molecule has 1 aromatic heterocycles. The van der Waals surface area contributed by atoms with E-state index in [4.69, 9.17) is 4.74 Å². The maximum absolute atomic E-state index is 12.5. The van der Waals surface area contributed by atoms with Crippen LogP contribution >= 0.6 is 0 Å². The first-order chi connectivity index (χ1) is 14.2. The van der Waals surface area contributed by atoms with Crippen molar-refractivity contribution >= 4 is 11.9 Å². The van der Waals surface area contributed by atoms with E-state index in [0.717, 1.165) is 43.1 Å². The molecular weight excluding hydrogens is 368 g/mol. The molecule has 0 radical (unpaired) electrons. The van der Waals surface area contributed by atoms with E-state index < -0.39 is 0 Å². The first-order valence-corrected chi connectivity index (χ1v) is 10.2. The molecule has 8 heteroatoms. The minimum atomic E-state index is -0.236. The minimum Gasteiger partial charge on any atom is -0.368 e. The summed E-state index contributed by atoms with van der Waals surface area (Å²) < 4.78 is 7.41. The molecule has 2 aliphatic rings. The number of ether oxygens (including phenoxy) is 1. The maximum atomic E-state index is 12.5. The van der Waals surface area contributed by atoms with Gasteiger partial charge < -0.3 is 19.9 Å². The average Bonchev–Trinajstić information content (AvgIpc) is 3.47. The molecule has 2 fully saturated rings. The van der Waals surface area contributed by atoms with Crippen LogP contribution in [-0.2, 0) is 16.1 Å². The molecule has 29 heavy (non-hydrogen) atoms. The number of para-hydroxylation sites is 1. The summed E-state index contributed by atoms with van der Waals surface area (Å²) in [7, 11) is 1.79. The van der Waals surface area contributed by atoms with Gasteiger partial charge in [0.15, 0.2) is 5.96 Å². The minimum absolute atomic E-state index is 0.137. The van der Waals surface area contributed by atoms with Gasteiger partial charge in [0.05, 0.1) is 11.9 Å². The summed E-state index contributed by atoms with van der Waals surface area (Å²) in [6.07, 6.45) is 5.48. The van der Waals surface area contributed by atoms with Gasteiger partial charge in [0.2, 0.25) is 0 Å². The van der Waals surface area contributed by atoms with E-state index in [9.17, 15) is 4.79 Å². The second-order valence-electron chi connectivity index (χ2n) is 7.34. The van der Waals surface area contributed by atoms with Crippen molar-refractivity contribution < 1.29 is 9.53 Å². The predicted molar refractivity (Wildman–Crippen MR) is 111 cm³/mol. The SMILES string of the molecule is CN=C(NCc1cnn(-c2ccccc2)c1)N1CCN(C(=O)C2CCCO2)CC1. The highest BCUT2D eigenvalue weighted by molar-refractivity contribution is 5.82. The highest BCUT2D eigenvalue weighted by Gasteiger charge is 2.30. The van der Waals surface area contributed by atoms with Crippen molar-refractivity contribution in [3.05, 3.63) is 48.3 Å². The standard InChI is InChI=1S/C21H28N6O2/c1-22-21(23-14-17-15-24-27(16-17)18-6-3-2-4-7-18)26-11-9-25(10-12-26)20(28)19-8-5-13-29-19/h2-4,6-7,15-16,19H,5,8-14H2,1H3,(H,22,23). The summed E-state index contributed by atoms with van der Waals surface area (Å²) >= 11 is 0. The third kappa shape index (κ3) is 4.59. The van der Waals surface area contributed by atoms with Crippen LogP contribution in [0.15, 0.2) is 47.7 Å². The van der Waals surface area contributed by atoms with Crippen LogP contribution in [0.1, 0.15) is 18.4 Å². The highest BCUT2D eigenvalue weighted by atomic mass is 16.5. The molecule has 0 spiro atoms. The number of nitrogens with one attached hydrogen (secondary N) is 1. The summed E-state index contributed by atoms with van der Waals surface area (Å²) in [5.41, 5.74) is 2.12. The van der Waals surface area contributed by atoms with Crippen LogP contribution < -0.4 is 5.32 Å². The Morgan fingerprint density at radius 3 is 2.66 bits per heavy atom. The number of carbonyl (C=O) groups excluding carboxylic acids is 1. The Kier molecular flexibility index (Phi) is 6.09. The van der Waals surface area contributed by atoms with Gasteiger partial charge >= 0.3 is 0 Å². The lowest BCUT2D eigenvalue weighted by Crippen LogP contribution is -2.55. The predicted octanol–water partition coefficient (Wildman–Crippen LogP) is 1.27. The van der Waals surface area contributed by atoms with Crippen LogP contribution in [0.4, 0.5) is 0 Å². The van der Waals surface area contributed by atoms with E-state index in [0.29, 0.717) is 26.2 Å². The van der Waals surface area contributed by atoms with Crippen LogP contribution in [0.25, 0.3) is 5.69 Å². The molecule has 4 rings (SSSR count). The van der Waals surface area contributed by atoms with Gasteiger partial charge in [-0.15, -0.1) is 0 Å². The largest absolute Gasteiger partial charge is 0.368 e. The van der Waals surface area contributed by atoms with Gasteiger partial charge in [0.1, 0.15) is 6.10 Å². The quantitative estimate of drug-likeness (QED) is 0.622. The van der Waals surface area contributed by atoms with E-state index in [2.05, 4.69) is 20.3 Å². The molecule has 8 nitrogen and oxygen atoms in total. The Hall–Kier alpha value is -2.87. The van der Waals surface area contributed by atoms with Crippen molar-refractivity contribution in [3.8, 4) is 5.69 Å². The molecule has 3 heterocycles. The van der Waals surface area contributed by atoms with Crippen LogP contribution in [0.5, 0.6) is 0 Å². The first kappa shape index (κ1) is 19.4. The average molecular weight is 396 g/mol. The van der Waals surface area contributed by atoms with Gasteiger partial charge in [-0.2, -0.15) is 5.10 Å². The normalized spacial score (nSPS) is 20.2. The number of hydrogen-bond acceptors (Lipinski definition) is 4. The molecule has 0 bridgehead atoms. The van der Waals surface area contributed by atoms with E-state index >= 15 is 0 Å². The summed E-state index contributed by atoms with van der Waals surface area (Å²) in [5, 5.41) is 7.85. The number of aliphatic imine (C=N–C) groups is 1. The lowest BCUT2D eigenvalue weighted by molar-refractivity contribution is -0.142. The molecule has 1 aromatic carbocycles. The summed E-state index contributed by atoms with van der Waals surface area (Å²) in [5.74, 6) is 0.986. The van der Waals surface area contributed by atoms with Crippen molar-refractivity contribution in [2.45, 2.75) is 25.5 Å². The Morgan fingerprint density at radius 2 is 1.97 bits per heavy atom. The zero-order valence-electron chi connectivity index (χ0n) is 16.8. The van der Waals surface area contributed by atoms with Crippen LogP contribution in [0, 0.1) is 0 Å². The van der Waals surface area contributed by atoms with Crippen molar-refractivity contribution in [1.82, 2.24) is 24.9 Å². The second-order valence-corrected chi connectivity index (χ2v) is 7.34. The van der Waals surface area contributed by atoms with Gasteiger partial charge in [-0.05, 0) is 25.0 Å². The zero-order valence-corrected chi connectivity index (χ0v) is 16.8. The van der Waals surface area contributed by atoms with E-state index in [1.807, 2.05) is 52.3 Å².